The number of nitrogens with zero attached hydrogens (tertiary/aromatic N) is 2. The lowest BCUT2D eigenvalue weighted by Crippen LogP contribution is -2.53. The van der Waals surface area contributed by atoms with Crippen LogP contribution in [0, 0.1) is 21.7 Å². The Morgan fingerprint density at radius 1 is 0.617 bits per heavy atom. The van der Waals surface area contributed by atoms with Gasteiger partial charge >= 0.3 is 0 Å². The molecule has 8 rings (SSSR count). The van der Waals surface area contributed by atoms with Crippen LogP contribution in [0.3, 0.4) is 0 Å². The average molecular weight is 835 g/mol. The number of carbonyl (C=O) groups excluding carboxylic acids is 2. The van der Waals surface area contributed by atoms with E-state index in [1.807, 2.05) is 84.0 Å². The van der Waals surface area contributed by atoms with Gasteiger partial charge < -0.3 is 30.8 Å². The van der Waals surface area contributed by atoms with Gasteiger partial charge in [-0.3, -0.25) is 9.59 Å². The lowest BCUT2D eigenvalue weighted by Gasteiger charge is -2.42. The molecule has 0 spiro atoms. The highest BCUT2D eigenvalue weighted by Gasteiger charge is 2.67. The topological polar surface area (TPSA) is 156 Å². The summed E-state index contributed by atoms with van der Waals surface area (Å²) < 4.78 is 56.0. The van der Waals surface area contributed by atoms with E-state index in [9.17, 15) is 37.4 Å². The van der Waals surface area contributed by atoms with Crippen molar-refractivity contribution in [2.24, 2.45) is 21.7 Å². The highest BCUT2D eigenvalue weighted by molar-refractivity contribution is 5.88. The smallest absolute Gasteiger partial charge is 0.248 e. The summed E-state index contributed by atoms with van der Waals surface area (Å²) in [6.45, 7) is 12.0. The number of H-pyrrole nitrogens is 2. The fourth-order valence-corrected chi connectivity index (χ4v) is 9.82. The molecule has 0 bridgehead atoms. The first-order valence-corrected chi connectivity index (χ1v) is 21.4. The molecule has 324 valence electrons. The van der Waals surface area contributed by atoms with Crippen molar-refractivity contribution in [1.29, 1.82) is 0 Å². The van der Waals surface area contributed by atoms with E-state index < -0.39 is 82.5 Å². The second kappa shape index (κ2) is 14.1. The highest BCUT2D eigenvalue weighted by atomic mass is 19.3. The number of hydrogen-bond acceptors (Lipinski definition) is 6. The van der Waals surface area contributed by atoms with Crippen LogP contribution in [0.25, 0.3) is 33.4 Å². The van der Waals surface area contributed by atoms with Gasteiger partial charge in [0.05, 0.1) is 57.0 Å². The van der Waals surface area contributed by atoms with Gasteiger partial charge in [0.1, 0.15) is 11.6 Å². The van der Waals surface area contributed by atoms with E-state index in [-0.39, 0.29) is 37.5 Å². The normalized spacial score (nSPS) is 23.3. The van der Waals surface area contributed by atoms with Crippen molar-refractivity contribution in [3.63, 3.8) is 0 Å². The first-order chi connectivity index (χ1) is 27.9. The number of carbonyl (C=O) groups is 2. The number of imidazole rings is 2. The van der Waals surface area contributed by atoms with E-state index in [2.05, 4.69) is 25.6 Å². The summed E-state index contributed by atoms with van der Waals surface area (Å²) in [6, 6.07) is 12.8. The van der Waals surface area contributed by atoms with Crippen molar-refractivity contribution >= 4 is 22.8 Å². The molecule has 4 saturated carbocycles. The van der Waals surface area contributed by atoms with Gasteiger partial charge in [0, 0.05) is 25.7 Å². The molecule has 2 aromatic carbocycles. The molecule has 1 unspecified atom stereocenters. The average Bonchev–Trinajstić information content (AvgIpc) is 4.09. The van der Waals surface area contributed by atoms with E-state index in [1.54, 1.807) is 6.20 Å². The van der Waals surface area contributed by atoms with E-state index >= 15 is 0 Å². The third kappa shape index (κ3) is 7.64. The molecule has 6 N–H and O–H groups in total. The standard InChI is InChI=1S/C46H58F4N6O4/c1-39(2,3)33(55-37(57)41(13-14-41)43(59)17-21-45(47,48)22-18-43)35-51-26-32(54-35)28-9-7-27(8-10-28)29-11-12-30-31(25-29)53-36(52-30)34(40(4,5)6)56-38(58)42(15-16-42)44(60)19-23-46(49,50)24-20-44/h7-12,25-26,33-34,59-60H,13-24H2,1-6H3,(H,51,54)(H,52,53)(H,55,57)(H,56,58)/t33-,34?/m1/s1. The predicted molar refractivity (Wildman–Crippen MR) is 220 cm³/mol. The number of aromatic nitrogens is 4. The van der Waals surface area contributed by atoms with Crippen molar-refractivity contribution in [2.45, 2.75) is 154 Å². The number of alkyl halides is 4. The molecule has 2 aromatic heterocycles. The van der Waals surface area contributed by atoms with Crippen LogP contribution in [-0.4, -0.2) is 65.0 Å². The Hall–Kier alpha value is -4.30. The summed E-state index contributed by atoms with van der Waals surface area (Å²) in [4.78, 5) is 44.1. The number of hydrogen-bond donors (Lipinski definition) is 6. The number of benzene rings is 2. The minimum atomic E-state index is -2.82. The van der Waals surface area contributed by atoms with Crippen LogP contribution in [0.1, 0.15) is 142 Å². The fourth-order valence-electron chi connectivity index (χ4n) is 9.82. The van der Waals surface area contributed by atoms with Gasteiger partial charge in [-0.05, 0) is 91.0 Å². The summed E-state index contributed by atoms with van der Waals surface area (Å²) in [5, 5.41) is 29.3. The number of rotatable bonds is 10. The maximum atomic E-state index is 14.0. The Morgan fingerprint density at radius 3 is 1.50 bits per heavy atom. The minimum Gasteiger partial charge on any atom is -0.389 e. The van der Waals surface area contributed by atoms with E-state index in [0.717, 1.165) is 33.4 Å². The largest absolute Gasteiger partial charge is 0.389 e. The molecule has 4 aliphatic carbocycles. The quantitative estimate of drug-likeness (QED) is 0.0875. The van der Waals surface area contributed by atoms with Crippen molar-refractivity contribution < 1.29 is 37.4 Å². The van der Waals surface area contributed by atoms with Crippen LogP contribution < -0.4 is 10.6 Å². The van der Waals surface area contributed by atoms with Crippen molar-refractivity contribution in [3.8, 4) is 22.4 Å². The Bertz CT molecular complexity index is 2260. The third-order valence-corrected chi connectivity index (χ3v) is 14.2. The number of fused-ring (bicyclic) bond motifs is 1. The molecule has 0 radical (unpaired) electrons. The Balaban J connectivity index is 0.968. The van der Waals surface area contributed by atoms with Gasteiger partial charge in [-0.1, -0.05) is 71.9 Å². The van der Waals surface area contributed by atoms with Crippen LogP contribution in [0.2, 0.25) is 0 Å². The molecule has 4 aliphatic rings. The van der Waals surface area contributed by atoms with Crippen LogP contribution in [0.4, 0.5) is 17.6 Å². The summed E-state index contributed by atoms with van der Waals surface area (Å²) in [7, 11) is 0. The van der Waals surface area contributed by atoms with Gasteiger partial charge in [0.25, 0.3) is 0 Å². The Morgan fingerprint density at radius 2 is 1.05 bits per heavy atom. The van der Waals surface area contributed by atoms with Crippen LogP contribution in [0.15, 0.2) is 48.7 Å². The SMILES string of the molecule is CC(C)(C)C(NC(=O)C1(C2(O)CCC(F)(F)CC2)CC1)c1nc2ccc(-c3ccc(-c4cnc([C@@H](NC(=O)C5(C6(O)CCC(F)(F)CC6)CC5)C(C)(C)C)[nH]4)cc3)cc2[nH]1. The zero-order valence-corrected chi connectivity index (χ0v) is 35.4. The highest BCUT2D eigenvalue weighted by Crippen LogP contribution is 2.62. The van der Waals surface area contributed by atoms with Gasteiger partial charge in [0.2, 0.25) is 23.7 Å². The maximum Gasteiger partial charge on any atom is 0.248 e. The zero-order valence-electron chi connectivity index (χ0n) is 35.4. The fraction of sp³-hybridized carbons (Fsp3) is 0.609. The summed E-state index contributed by atoms with van der Waals surface area (Å²) in [5.74, 6) is -5.16. The van der Waals surface area contributed by atoms with Crippen LogP contribution >= 0.6 is 0 Å². The maximum absolute atomic E-state index is 14.0. The van der Waals surface area contributed by atoms with Crippen molar-refractivity contribution in [1.82, 2.24) is 30.6 Å². The zero-order chi connectivity index (χ0) is 43.3. The van der Waals surface area contributed by atoms with E-state index in [4.69, 9.17) is 4.98 Å². The molecule has 4 fully saturated rings. The van der Waals surface area contributed by atoms with Gasteiger partial charge in [-0.25, -0.2) is 27.5 Å². The second-order valence-corrected chi connectivity index (χ2v) is 20.6. The van der Waals surface area contributed by atoms with Gasteiger partial charge in [0.15, 0.2) is 0 Å². The molecule has 60 heavy (non-hydrogen) atoms. The van der Waals surface area contributed by atoms with Crippen LogP contribution in [-0.2, 0) is 9.59 Å². The summed E-state index contributed by atoms with van der Waals surface area (Å²) in [6.07, 6.45) is 1.43. The van der Waals surface area contributed by atoms with Gasteiger partial charge in [-0.2, -0.15) is 0 Å². The van der Waals surface area contributed by atoms with Crippen molar-refractivity contribution in [3.05, 3.63) is 60.3 Å². The molecule has 0 aliphatic heterocycles. The monoisotopic (exact) mass is 834 g/mol. The summed E-state index contributed by atoms with van der Waals surface area (Å²) in [5.41, 5.74) is -0.992. The number of nitrogens with one attached hydrogen (secondary N) is 4. The molecule has 10 nitrogen and oxygen atoms in total. The van der Waals surface area contributed by atoms with E-state index in [1.165, 1.54) is 0 Å². The molecule has 2 amide bonds. The van der Waals surface area contributed by atoms with Crippen molar-refractivity contribution in [2.75, 3.05) is 0 Å². The van der Waals surface area contributed by atoms with E-state index in [0.29, 0.717) is 37.3 Å². The molecule has 4 aromatic rings. The third-order valence-electron chi connectivity index (χ3n) is 14.2. The Kier molecular flexibility index (Phi) is 9.98. The Labute approximate surface area is 348 Å². The number of aromatic amines is 2. The predicted octanol–water partition coefficient (Wildman–Crippen LogP) is 9.47. The molecule has 0 saturated heterocycles. The lowest BCUT2D eigenvalue weighted by molar-refractivity contribution is -0.157. The van der Waals surface area contributed by atoms with Gasteiger partial charge in [-0.15, -0.1) is 0 Å². The first kappa shape index (κ1) is 42.4. The summed E-state index contributed by atoms with van der Waals surface area (Å²) >= 11 is 0. The molecular formula is C46H58F4N6O4. The second-order valence-electron chi connectivity index (χ2n) is 20.6. The molecule has 14 heteroatoms. The first-order valence-electron chi connectivity index (χ1n) is 21.4. The molecule has 2 atom stereocenters. The minimum absolute atomic E-state index is 0.105. The molecule has 2 heterocycles. The lowest BCUT2D eigenvalue weighted by atomic mass is 9.71. The number of amides is 2. The number of halogens is 4. The number of aliphatic hydroxyl groups is 2. The van der Waals surface area contributed by atoms with Crippen LogP contribution in [0.5, 0.6) is 0 Å². The molecular weight excluding hydrogens is 777 g/mol.